The van der Waals surface area contributed by atoms with E-state index in [-0.39, 0.29) is 4.90 Å². The molecule has 0 bridgehead atoms. The van der Waals surface area contributed by atoms with E-state index in [1.165, 1.54) is 4.41 Å². The molecule has 4 aromatic carbocycles. The van der Waals surface area contributed by atoms with Gasteiger partial charge in [-0.1, -0.05) is 109 Å². The molecule has 0 aromatic heterocycles. The largest absolute Gasteiger partial charge is 0.279 e. The van der Waals surface area contributed by atoms with Crippen molar-refractivity contribution in [2.45, 2.75) is 17.9 Å². The van der Waals surface area contributed by atoms with Crippen molar-refractivity contribution in [1.82, 2.24) is 4.41 Å². The number of aryl methyl sites for hydroxylation is 1. The minimum Gasteiger partial charge on any atom is -0.200 e. The highest BCUT2D eigenvalue weighted by atomic mass is 32.2. The quantitative estimate of drug-likeness (QED) is 0.352. The number of sulfonamides is 1. The number of hydrogen-bond donors (Lipinski definition) is 0. The maximum absolute atomic E-state index is 13.7. The SMILES string of the molecule is Cc1ccc(C2C(=C(c3ccccc3)c3ccccc3)C=NN2S(=O)(=O)c2ccccc2)cc1. The molecule has 4 nitrogen and oxygen atoms in total. The minimum atomic E-state index is -3.88. The predicted molar refractivity (Wildman–Crippen MR) is 137 cm³/mol. The smallest absolute Gasteiger partial charge is 0.200 e. The topological polar surface area (TPSA) is 49.7 Å². The van der Waals surface area contributed by atoms with Gasteiger partial charge in [0.25, 0.3) is 10.0 Å². The molecule has 0 N–H and O–H groups in total. The lowest BCUT2D eigenvalue weighted by Crippen LogP contribution is -2.28. The second-order valence-electron chi connectivity index (χ2n) is 8.21. The highest BCUT2D eigenvalue weighted by Gasteiger charge is 2.38. The van der Waals surface area contributed by atoms with Crippen molar-refractivity contribution in [1.29, 1.82) is 0 Å². The van der Waals surface area contributed by atoms with Crippen LogP contribution in [0, 0.1) is 6.92 Å². The Labute approximate surface area is 200 Å². The number of nitrogens with zero attached hydrogens (tertiary/aromatic N) is 2. The minimum absolute atomic E-state index is 0.214. The fourth-order valence-electron chi connectivity index (χ4n) is 4.24. The first kappa shape index (κ1) is 21.9. The van der Waals surface area contributed by atoms with Gasteiger partial charge in [-0.3, -0.25) is 0 Å². The summed E-state index contributed by atoms with van der Waals surface area (Å²) >= 11 is 0. The molecule has 1 heterocycles. The fourth-order valence-corrected chi connectivity index (χ4v) is 5.64. The molecule has 0 spiro atoms. The zero-order chi connectivity index (χ0) is 23.5. The van der Waals surface area contributed by atoms with Crippen LogP contribution in [0.4, 0.5) is 0 Å². The molecule has 34 heavy (non-hydrogen) atoms. The Hall–Kier alpha value is -3.96. The van der Waals surface area contributed by atoms with Gasteiger partial charge in [-0.25, -0.2) is 0 Å². The van der Waals surface area contributed by atoms with E-state index in [9.17, 15) is 8.42 Å². The van der Waals surface area contributed by atoms with Crippen molar-refractivity contribution in [3.63, 3.8) is 0 Å². The van der Waals surface area contributed by atoms with E-state index in [0.717, 1.165) is 33.4 Å². The van der Waals surface area contributed by atoms with Crippen LogP contribution in [0.2, 0.25) is 0 Å². The Balaban J connectivity index is 1.76. The van der Waals surface area contributed by atoms with Crippen LogP contribution in [0.1, 0.15) is 28.3 Å². The summed E-state index contributed by atoms with van der Waals surface area (Å²) in [6.07, 6.45) is 1.69. The van der Waals surface area contributed by atoms with Gasteiger partial charge >= 0.3 is 0 Å². The maximum Gasteiger partial charge on any atom is 0.279 e. The van der Waals surface area contributed by atoms with Gasteiger partial charge in [-0.05, 0) is 41.3 Å². The van der Waals surface area contributed by atoms with Gasteiger partial charge in [-0.15, -0.1) is 0 Å². The van der Waals surface area contributed by atoms with Crippen LogP contribution in [-0.2, 0) is 10.0 Å². The lowest BCUT2D eigenvalue weighted by atomic mass is 9.88. The summed E-state index contributed by atoms with van der Waals surface area (Å²) in [7, 11) is -3.88. The highest BCUT2D eigenvalue weighted by Crippen LogP contribution is 2.42. The normalized spacial score (nSPS) is 15.5. The second-order valence-corrected chi connectivity index (χ2v) is 10.0. The molecular weight excluding hydrogens is 440 g/mol. The van der Waals surface area contributed by atoms with Gasteiger partial charge < -0.3 is 0 Å². The molecular formula is C29H24N2O2S. The van der Waals surface area contributed by atoms with E-state index in [1.54, 1.807) is 36.5 Å². The summed E-state index contributed by atoms with van der Waals surface area (Å²) in [5, 5.41) is 4.48. The first-order valence-electron chi connectivity index (χ1n) is 11.1. The van der Waals surface area contributed by atoms with Crippen LogP contribution in [0.15, 0.2) is 131 Å². The summed E-state index contributed by atoms with van der Waals surface area (Å²) in [6.45, 7) is 2.02. The van der Waals surface area contributed by atoms with Crippen LogP contribution in [0.5, 0.6) is 0 Å². The number of hydrogen-bond acceptors (Lipinski definition) is 3. The molecule has 0 aliphatic carbocycles. The Morgan fingerprint density at radius 2 is 1.21 bits per heavy atom. The van der Waals surface area contributed by atoms with E-state index in [0.29, 0.717) is 0 Å². The van der Waals surface area contributed by atoms with Gasteiger partial charge in [0, 0.05) is 5.57 Å². The van der Waals surface area contributed by atoms with E-state index < -0.39 is 16.1 Å². The predicted octanol–water partition coefficient (Wildman–Crippen LogP) is 6.23. The Morgan fingerprint density at radius 1 is 0.706 bits per heavy atom. The molecule has 5 heteroatoms. The van der Waals surface area contributed by atoms with Crippen molar-refractivity contribution in [3.8, 4) is 0 Å². The van der Waals surface area contributed by atoms with Gasteiger partial charge in [-0.2, -0.15) is 17.9 Å². The molecule has 4 aromatic rings. The molecule has 5 rings (SSSR count). The lowest BCUT2D eigenvalue weighted by molar-refractivity contribution is 0.398. The highest BCUT2D eigenvalue weighted by molar-refractivity contribution is 7.89. The van der Waals surface area contributed by atoms with Crippen molar-refractivity contribution in [2.24, 2.45) is 5.10 Å². The van der Waals surface area contributed by atoms with E-state index >= 15 is 0 Å². The zero-order valence-electron chi connectivity index (χ0n) is 18.7. The van der Waals surface area contributed by atoms with Crippen LogP contribution in [-0.4, -0.2) is 19.0 Å². The monoisotopic (exact) mass is 464 g/mol. The summed E-state index contributed by atoms with van der Waals surface area (Å²) < 4.78 is 28.7. The molecule has 168 valence electrons. The number of rotatable bonds is 5. The first-order chi connectivity index (χ1) is 16.6. The third kappa shape index (κ3) is 4.06. The summed E-state index contributed by atoms with van der Waals surface area (Å²) in [5.41, 5.74) is 5.78. The molecule has 0 amide bonds. The van der Waals surface area contributed by atoms with Crippen molar-refractivity contribution < 1.29 is 8.42 Å². The summed E-state index contributed by atoms with van der Waals surface area (Å²) in [6, 6.07) is 35.9. The lowest BCUT2D eigenvalue weighted by Gasteiger charge is -2.26. The summed E-state index contributed by atoms with van der Waals surface area (Å²) in [5.74, 6) is 0. The Bertz CT molecular complexity index is 1400. The summed E-state index contributed by atoms with van der Waals surface area (Å²) in [4.78, 5) is 0.214. The second kappa shape index (κ2) is 9.12. The van der Waals surface area contributed by atoms with E-state index in [2.05, 4.69) is 5.10 Å². The fraction of sp³-hybridized carbons (Fsp3) is 0.0690. The molecule has 0 radical (unpaired) electrons. The van der Waals surface area contributed by atoms with Crippen LogP contribution < -0.4 is 0 Å². The van der Waals surface area contributed by atoms with Gasteiger partial charge in [0.05, 0.1) is 11.1 Å². The molecule has 1 aliphatic heterocycles. The molecule has 0 saturated carbocycles. The van der Waals surface area contributed by atoms with E-state index in [4.69, 9.17) is 0 Å². The van der Waals surface area contributed by atoms with Crippen LogP contribution in [0.25, 0.3) is 5.57 Å². The Morgan fingerprint density at radius 3 is 1.74 bits per heavy atom. The third-order valence-electron chi connectivity index (χ3n) is 5.92. The molecule has 1 unspecified atom stereocenters. The molecule has 1 aliphatic rings. The zero-order valence-corrected chi connectivity index (χ0v) is 19.6. The van der Waals surface area contributed by atoms with E-state index in [1.807, 2.05) is 91.9 Å². The first-order valence-corrected chi connectivity index (χ1v) is 12.5. The Kier molecular flexibility index (Phi) is 5.86. The third-order valence-corrected chi connectivity index (χ3v) is 7.59. The van der Waals surface area contributed by atoms with Crippen molar-refractivity contribution in [2.75, 3.05) is 0 Å². The van der Waals surface area contributed by atoms with Crippen molar-refractivity contribution >= 4 is 21.8 Å². The van der Waals surface area contributed by atoms with Crippen molar-refractivity contribution in [3.05, 3.63) is 143 Å². The number of hydrazone groups is 1. The average Bonchev–Trinajstić information content (AvgIpc) is 3.32. The van der Waals surface area contributed by atoms with Gasteiger partial charge in [0.2, 0.25) is 0 Å². The number of benzene rings is 4. The van der Waals surface area contributed by atoms with Gasteiger partial charge in [0.1, 0.15) is 6.04 Å². The molecule has 0 fully saturated rings. The van der Waals surface area contributed by atoms with Gasteiger partial charge in [0.15, 0.2) is 0 Å². The average molecular weight is 465 g/mol. The molecule has 1 atom stereocenters. The maximum atomic E-state index is 13.7. The standard InChI is InChI=1S/C29H24N2O2S/c1-22-17-19-25(20-18-22)29-27(21-30-31(29)34(32,33)26-15-9-4-10-16-26)28(23-11-5-2-6-12-23)24-13-7-3-8-14-24/h2-21,29H,1H3. The molecule has 0 saturated heterocycles. The van der Waals surface area contributed by atoms with Crippen LogP contribution in [0.3, 0.4) is 0 Å². The van der Waals surface area contributed by atoms with Crippen LogP contribution >= 0.6 is 0 Å².